The quantitative estimate of drug-likeness (QED) is 0.780. The monoisotopic (exact) mass is 186 g/mol. The van der Waals surface area contributed by atoms with Crippen LogP contribution in [0.4, 0.5) is 5.69 Å². The van der Waals surface area contributed by atoms with Crippen LogP contribution in [0.25, 0.3) is 10.9 Å². The highest BCUT2D eigenvalue weighted by atomic mass is 14.9. The first-order chi connectivity index (χ1) is 6.83. The molecule has 2 rings (SSSR count). The molecular formula is C12H14N2. The van der Waals surface area contributed by atoms with Gasteiger partial charge >= 0.3 is 0 Å². The molecule has 0 bridgehead atoms. The van der Waals surface area contributed by atoms with Crippen LogP contribution in [0.3, 0.4) is 0 Å². The van der Waals surface area contributed by atoms with Gasteiger partial charge in [0.15, 0.2) is 0 Å². The molecule has 0 radical (unpaired) electrons. The van der Waals surface area contributed by atoms with Crippen LogP contribution in [0.5, 0.6) is 0 Å². The molecule has 0 atom stereocenters. The van der Waals surface area contributed by atoms with Crippen molar-refractivity contribution in [1.82, 2.24) is 4.98 Å². The summed E-state index contributed by atoms with van der Waals surface area (Å²) in [5, 5.41) is 4.54. The number of nitrogens with one attached hydrogen (secondary N) is 1. The van der Waals surface area contributed by atoms with Crippen molar-refractivity contribution in [3.05, 3.63) is 36.0 Å². The van der Waals surface area contributed by atoms with Crippen LogP contribution in [0, 0.1) is 6.92 Å². The highest BCUT2D eigenvalue weighted by Gasteiger charge is 2.02. The summed E-state index contributed by atoms with van der Waals surface area (Å²) in [4.78, 5) is 4.38. The SMILES string of the molecule is CCNc1ccc(C)c2ncccc12. The zero-order valence-corrected chi connectivity index (χ0v) is 8.54. The van der Waals surface area contributed by atoms with Crippen LogP contribution in [0.1, 0.15) is 12.5 Å². The van der Waals surface area contributed by atoms with Crippen LogP contribution in [-0.2, 0) is 0 Å². The van der Waals surface area contributed by atoms with E-state index >= 15 is 0 Å². The lowest BCUT2D eigenvalue weighted by Crippen LogP contribution is -1.98. The largest absolute Gasteiger partial charge is 0.385 e. The van der Waals surface area contributed by atoms with Gasteiger partial charge in [0.05, 0.1) is 5.52 Å². The zero-order valence-electron chi connectivity index (χ0n) is 8.54. The third-order valence-corrected chi connectivity index (χ3v) is 2.34. The molecule has 1 aromatic carbocycles. The lowest BCUT2D eigenvalue weighted by molar-refractivity contribution is 1.22. The van der Waals surface area contributed by atoms with Crippen molar-refractivity contribution >= 4 is 16.6 Å². The summed E-state index contributed by atoms with van der Waals surface area (Å²) in [7, 11) is 0. The molecule has 0 amide bonds. The molecule has 0 fully saturated rings. The van der Waals surface area contributed by atoms with Crippen LogP contribution >= 0.6 is 0 Å². The Morgan fingerprint density at radius 3 is 2.93 bits per heavy atom. The molecule has 14 heavy (non-hydrogen) atoms. The third-order valence-electron chi connectivity index (χ3n) is 2.34. The van der Waals surface area contributed by atoms with Crippen LogP contribution in [0.15, 0.2) is 30.5 Å². The Hall–Kier alpha value is -1.57. The molecule has 0 aliphatic heterocycles. The summed E-state index contributed by atoms with van der Waals surface area (Å²) in [6.45, 7) is 5.13. The number of fused-ring (bicyclic) bond motifs is 1. The Bertz CT molecular complexity index is 449. The summed E-state index contributed by atoms with van der Waals surface area (Å²) in [6, 6.07) is 8.30. The van der Waals surface area contributed by atoms with Crippen LogP contribution in [-0.4, -0.2) is 11.5 Å². The Morgan fingerprint density at radius 2 is 2.14 bits per heavy atom. The molecule has 2 nitrogen and oxygen atoms in total. The zero-order chi connectivity index (χ0) is 9.97. The Morgan fingerprint density at radius 1 is 1.29 bits per heavy atom. The maximum Gasteiger partial charge on any atom is 0.0751 e. The van der Waals surface area contributed by atoms with Crippen molar-refractivity contribution in [1.29, 1.82) is 0 Å². The van der Waals surface area contributed by atoms with Crippen molar-refractivity contribution in [2.24, 2.45) is 0 Å². The smallest absolute Gasteiger partial charge is 0.0751 e. The van der Waals surface area contributed by atoms with Gasteiger partial charge in [0.2, 0.25) is 0 Å². The van der Waals surface area contributed by atoms with Crippen LogP contribution < -0.4 is 5.32 Å². The first-order valence-corrected chi connectivity index (χ1v) is 4.91. The molecule has 1 N–H and O–H groups in total. The molecule has 0 spiro atoms. The van der Waals surface area contributed by atoms with Gasteiger partial charge in [0.1, 0.15) is 0 Å². The average Bonchev–Trinajstić information content (AvgIpc) is 2.23. The number of aromatic nitrogens is 1. The van der Waals surface area contributed by atoms with E-state index in [1.807, 2.05) is 12.3 Å². The van der Waals surface area contributed by atoms with Crippen molar-refractivity contribution in [3.63, 3.8) is 0 Å². The molecular weight excluding hydrogens is 172 g/mol. The maximum absolute atomic E-state index is 4.38. The Kier molecular flexibility index (Phi) is 2.35. The summed E-state index contributed by atoms with van der Waals surface area (Å²) in [5.74, 6) is 0. The number of benzene rings is 1. The van der Waals surface area contributed by atoms with Gasteiger partial charge in [-0.1, -0.05) is 6.07 Å². The molecule has 0 unspecified atom stereocenters. The van der Waals surface area contributed by atoms with Gasteiger partial charge in [-0.15, -0.1) is 0 Å². The maximum atomic E-state index is 4.38. The minimum Gasteiger partial charge on any atom is -0.385 e. The van der Waals surface area contributed by atoms with Crippen molar-refractivity contribution < 1.29 is 0 Å². The van der Waals surface area contributed by atoms with Gasteiger partial charge in [-0.05, 0) is 37.6 Å². The molecule has 2 heteroatoms. The van der Waals surface area contributed by atoms with E-state index in [0.717, 1.165) is 12.1 Å². The molecule has 2 aromatic rings. The summed E-state index contributed by atoms with van der Waals surface area (Å²) in [5.41, 5.74) is 3.48. The van der Waals surface area contributed by atoms with Crippen molar-refractivity contribution in [2.75, 3.05) is 11.9 Å². The fourth-order valence-corrected chi connectivity index (χ4v) is 1.66. The van der Waals surface area contributed by atoms with Gasteiger partial charge in [0, 0.05) is 23.8 Å². The first-order valence-electron chi connectivity index (χ1n) is 4.91. The second-order valence-electron chi connectivity index (χ2n) is 3.36. The number of hydrogen-bond donors (Lipinski definition) is 1. The molecule has 0 aliphatic carbocycles. The van der Waals surface area contributed by atoms with Gasteiger partial charge < -0.3 is 5.32 Å². The summed E-state index contributed by atoms with van der Waals surface area (Å²) >= 11 is 0. The number of rotatable bonds is 2. The number of aryl methyl sites for hydroxylation is 1. The normalized spacial score (nSPS) is 10.4. The average molecular weight is 186 g/mol. The fraction of sp³-hybridized carbons (Fsp3) is 0.250. The second kappa shape index (κ2) is 3.66. The van der Waals surface area contributed by atoms with E-state index < -0.39 is 0 Å². The standard InChI is InChI=1S/C12H14N2/c1-3-13-11-7-6-9(2)12-10(11)5-4-8-14-12/h4-8,13H,3H2,1-2H3. The van der Waals surface area contributed by atoms with E-state index in [1.54, 1.807) is 0 Å². The van der Waals surface area contributed by atoms with Gasteiger partial charge in [-0.2, -0.15) is 0 Å². The van der Waals surface area contributed by atoms with E-state index in [-0.39, 0.29) is 0 Å². The highest BCUT2D eigenvalue weighted by molar-refractivity contribution is 5.93. The van der Waals surface area contributed by atoms with Crippen LogP contribution in [0.2, 0.25) is 0 Å². The Balaban J connectivity index is 2.68. The highest BCUT2D eigenvalue weighted by Crippen LogP contribution is 2.23. The number of anilines is 1. The fourth-order valence-electron chi connectivity index (χ4n) is 1.66. The van der Waals surface area contributed by atoms with E-state index in [9.17, 15) is 0 Å². The van der Waals surface area contributed by atoms with Crippen molar-refractivity contribution in [3.8, 4) is 0 Å². The number of pyridine rings is 1. The molecule has 0 aliphatic rings. The third kappa shape index (κ3) is 1.43. The van der Waals surface area contributed by atoms with E-state index in [2.05, 4.69) is 42.3 Å². The number of nitrogens with zero attached hydrogens (tertiary/aromatic N) is 1. The van der Waals surface area contributed by atoms with E-state index in [4.69, 9.17) is 0 Å². The molecule has 0 saturated heterocycles. The molecule has 0 saturated carbocycles. The van der Waals surface area contributed by atoms with Gasteiger partial charge in [-0.25, -0.2) is 0 Å². The van der Waals surface area contributed by atoms with Gasteiger partial charge in [-0.3, -0.25) is 4.98 Å². The van der Waals surface area contributed by atoms with Crippen molar-refractivity contribution in [2.45, 2.75) is 13.8 Å². The lowest BCUT2D eigenvalue weighted by atomic mass is 10.1. The molecule has 72 valence electrons. The second-order valence-corrected chi connectivity index (χ2v) is 3.36. The minimum atomic E-state index is 0.938. The topological polar surface area (TPSA) is 24.9 Å². The molecule has 1 heterocycles. The molecule has 1 aromatic heterocycles. The number of hydrogen-bond acceptors (Lipinski definition) is 2. The first kappa shape index (κ1) is 9.00. The summed E-state index contributed by atoms with van der Waals surface area (Å²) < 4.78 is 0. The van der Waals surface area contributed by atoms with Gasteiger partial charge in [0.25, 0.3) is 0 Å². The van der Waals surface area contributed by atoms with E-state index in [0.29, 0.717) is 0 Å². The Labute approximate surface area is 84.0 Å². The lowest BCUT2D eigenvalue weighted by Gasteiger charge is -2.08. The van der Waals surface area contributed by atoms with E-state index in [1.165, 1.54) is 16.6 Å². The predicted molar refractivity (Wildman–Crippen MR) is 60.6 cm³/mol. The minimum absolute atomic E-state index is 0.938. The summed E-state index contributed by atoms with van der Waals surface area (Å²) in [6.07, 6.45) is 1.84. The predicted octanol–water partition coefficient (Wildman–Crippen LogP) is 2.98.